The van der Waals surface area contributed by atoms with Crippen LogP contribution in [0.2, 0.25) is 0 Å². The van der Waals surface area contributed by atoms with Crippen molar-refractivity contribution in [1.82, 2.24) is 5.32 Å². The van der Waals surface area contributed by atoms with Crippen molar-refractivity contribution in [3.05, 3.63) is 35.4 Å². The van der Waals surface area contributed by atoms with Gasteiger partial charge in [0.05, 0.1) is 18.1 Å². The van der Waals surface area contributed by atoms with Gasteiger partial charge in [-0.25, -0.2) is 4.79 Å². The molecular formula is C16H22N2O3. The first-order valence-electron chi connectivity index (χ1n) is 7.18. The first-order valence-corrected chi connectivity index (χ1v) is 7.18. The highest BCUT2D eigenvalue weighted by atomic mass is 16.5. The number of hydrogen-bond acceptors (Lipinski definition) is 4. The Morgan fingerprint density at radius 3 is 2.57 bits per heavy atom. The van der Waals surface area contributed by atoms with Crippen molar-refractivity contribution in [2.75, 3.05) is 7.11 Å². The Morgan fingerprint density at radius 2 is 2.05 bits per heavy atom. The molecule has 0 radical (unpaired) electrons. The van der Waals surface area contributed by atoms with Crippen LogP contribution in [0.4, 0.5) is 0 Å². The monoisotopic (exact) mass is 290 g/mol. The summed E-state index contributed by atoms with van der Waals surface area (Å²) < 4.78 is 4.64. The van der Waals surface area contributed by atoms with Crippen LogP contribution in [0.5, 0.6) is 0 Å². The molecule has 2 unspecified atom stereocenters. The van der Waals surface area contributed by atoms with Gasteiger partial charge in [0.15, 0.2) is 0 Å². The molecule has 1 aromatic carbocycles. The topological polar surface area (TPSA) is 81.4 Å². The molecule has 0 spiro atoms. The maximum atomic E-state index is 12.3. The zero-order chi connectivity index (χ0) is 15.5. The highest BCUT2D eigenvalue weighted by Crippen LogP contribution is 2.36. The summed E-state index contributed by atoms with van der Waals surface area (Å²) in [5, 5.41) is 2.94. The minimum absolute atomic E-state index is 0.00421. The summed E-state index contributed by atoms with van der Waals surface area (Å²) in [4.78, 5) is 23.6. The molecule has 3 N–H and O–H groups in total. The Morgan fingerprint density at radius 1 is 1.38 bits per heavy atom. The van der Waals surface area contributed by atoms with Gasteiger partial charge in [-0.1, -0.05) is 18.6 Å². The maximum absolute atomic E-state index is 12.3. The number of carbonyl (C=O) groups excluding carboxylic acids is 2. The third-order valence-electron chi connectivity index (χ3n) is 4.38. The lowest BCUT2D eigenvalue weighted by Crippen LogP contribution is -2.47. The van der Waals surface area contributed by atoms with Crippen molar-refractivity contribution >= 4 is 11.9 Å². The number of nitrogens with one attached hydrogen (secondary N) is 1. The lowest BCUT2D eigenvalue weighted by atomic mass is 9.84. The molecule has 0 aromatic heterocycles. The number of carbonyl (C=O) groups is 2. The molecule has 1 aliphatic rings. The van der Waals surface area contributed by atoms with E-state index in [4.69, 9.17) is 5.73 Å². The Labute approximate surface area is 124 Å². The summed E-state index contributed by atoms with van der Waals surface area (Å²) in [6, 6.07) is 6.93. The van der Waals surface area contributed by atoms with Crippen LogP contribution in [-0.2, 0) is 16.1 Å². The normalized spacial score (nSPS) is 24.6. The van der Waals surface area contributed by atoms with Gasteiger partial charge in [-0.3, -0.25) is 4.79 Å². The fourth-order valence-electron chi connectivity index (χ4n) is 2.74. The molecule has 1 fully saturated rings. The molecule has 1 aliphatic carbocycles. The minimum atomic E-state index is -0.466. The van der Waals surface area contributed by atoms with Gasteiger partial charge >= 0.3 is 5.97 Å². The lowest BCUT2D eigenvalue weighted by molar-refractivity contribution is -0.130. The van der Waals surface area contributed by atoms with E-state index in [1.807, 2.05) is 19.1 Å². The van der Waals surface area contributed by atoms with E-state index in [0.29, 0.717) is 12.1 Å². The molecule has 0 aliphatic heterocycles. The van der Waals surface area contributed by atoms with Crippen molar-refractivity contribution in [3.8, 4) is 0 Å². The molecule has 21 heavy (non-hydrogen) atoms. The average Bonchev–Trinajstić information content (AvgIpc) is 2.85. The predicted octanol–water partition coefficient (Wildman–Crippen LogP) is 1.61. The predicted molar refractivity (Wildman–Crippen MR) is 79.6 cm³/mol. The van der Waals surface area contributed by atoms with Gasteiger partial charge in [-0.05, 0) is 37.5 Å². The Balaban J connectivity index is 1.94. The second-order valence-corrected chi connectivity index (χ2v) is 5.79. The summed E-state index contributed by atoms with van der Waals surface area (Å²) in [5.74, 6) is -0.362. The zero-order valence-electron chi connectivity index (χ0n) is 12.5. The van der Waals surface area contributed by atoms with Crippen molar-refractivity contribution in [1.29, 1.82) is 0 Å². The highest BCUT2D eigenvalue weighted by molar-refractivity contribution is 5.89. The molecule has 2 atom stereocenters. The fraction of sp³-hybridized carbons (Fsp3) is 0.500. The zero-order valence-corrected chi connectivity index (χ0v) is 12.5. The number of rotatable bonds is 4. The highest BCUT2D eigenvalue weighted by Gasteiger charge is 2.42. The Bertz CT molecular complexity index is 527. The van der Waals surface area contributed by atoms with Crippen molar-refractivity contribution in [2.45, 2.75) is 38.8 Å². The maximum Gasteiger partial charge on any atom is 0.337 e. The average molecular weight is 290 g/mol. The number of esters is 1. The van der Waals surface area contributed by atoms with Crippen LogP contribution in [0.1, 0.15) is 42.1 Å². The molecule has 1 saturated carbocycles. The third-order valence-corrected chi connectivity index (χ3v) is 4.38. The van der Waals surface area contributed by atoms with Crippen molar-refractivity contribution in [2.24, 2.45) is 11.1 Å². The van der Waals surface area contributed by atoms with E-state index >= 15 is 0 Å². The van der Waals surface area contributed by atoms with Crippen LogP contribution >= 0.6 is 0 Å². The van der Waals surface area contributed by atoms with Crippen molar-refractivity contribution < 1.29 is 14.3 Å². The first-order chi connectivity index (χ1) is 9.97. The quantitative estimate of drug-likeness (QED) is 0.825. The van der Waals surface area contributed by atoms with Gasteiger partial charge in [-0.2, -0.15) is 0 Å². The number of nitrogens with two attached hydrogens (primary N) is 1. The number of ether oxygens (including phenoxy) is 1. The minimum Gasteiger partial charge on any atom is -0.465 e. The van der Waals surface area contributed by atoms with E-state index < -0.39 is 5.41 Å². The van der Waals surface area contributed by atoms with Gasteiger partial charge in [0, 0.05) is 12.6 Å². The van der Waals surface area contributed by atoms with Crippen molar-refractivity contribution in [3.63, 3.8) is 0 Å². The van der Waals surface area contributed by atoms with Crippen LogP contribution in [0, 0.1) is 5.41 Å². The molecule has 0 saturated heterocycles. The van der Waals surface area contributed by atoms with Crippen LogP contribution < -0.4 is 11.1 Å². The smallest absolute Gasteiger partial charge is 0.337 e. The second kappa shape index (κ2) is 6.26. The van der Waals surface area contributed by atoms with Crippen LogP contribution in [0.25, 0.3) is 0 Å². The Hall–Kier alpha value is -1.88. The molecule has 0 heterocycles. The second-order valence-electron chi connectivity index (χ2n) is 5.79. The van der Waals surface area contributed by atoms with Gasteiger partial charge < -0.3 is 15.8 Å². The van der Waals surface area contributed by atoms with E-state index in [1.165, 1.54) is 7.11 Å². The summed E-state index contributed by atoms with van der Waals surface area (Å²) in [6.07, 6.45) is 2.73. The van der Waals surface area contributed by atoms with Gasteiger partial charge in [0.1, 0.15) is 0 Å². The molecule has 5 heteroatoms. The third kappa shape index (κ3) is 3.24. The van der Waals surface area contributed by atoms with E-state index in [-0.39, 0.29) is 17.9 Å². The fourth-order valence-corrected chi connectivity index (χ4v) is 2.74. The van der Waals surface area contributed by atoms with Gasteiger partial charge in [0.25, 0.3) is 0 Å². The summed E-state index contributed by atoms with van der Waals surface area (Å²) in [5.41, 5.74) is 7.01. The molecule has 1 aromatic rings. The summed E-state index contributed by atoms with van der Waals surface area (Å²) >= 11 is 0. The van der Waals surface area contributed by atoms with Crippen LogP contribution in [-0.4, -0.2) is 25.0 Å². The SMILES string of the molecule is COC(=O)c1ccc(CNC(=O)C2(C)CCCC2N)cc1. The number of methoxy groups -OCH3 is 1. The molecule has 2 rings (SSSR count). The number of benzene rings is 1. The van der Waals surface area contributed by atoms with Crippen LogP contribution in [0.15, 0.2) is 24.3 Å². The molecular weight excluding hydrogens is 268 g/mol. The molecule has 0 bridgehead atoms. The molecule has 114 valence electrons. The largest absolute Gasteiger partial charge is 0.465 e. The standard InChI is InChI=1S/C16H22N2O3/c1-16(9-3-4-13(16)17)15(20)18-10-11-5-7-12(8-6-11)14(19)21-2/h5-8,13H,3-4,9-10,17H2,1-2H3,(H,18,20). The van der Waals surface area contributed by atoms with Gasteiger partial charge in [-0.15, -0.1) is 0 Å². The molecule has 5 nitrogen and oxygen atoms in total. The van der Waals surface area contributed by atoms with E-state index in [1.54, 1.807) is 12.1 Å². The summed E-state index contributed by atoms with van der Waals surface area (Å²) in [6.45, 7) is 2.36. The molecule has 1 amide bonds. The number of hydrogen-bond donors (Lipinski definition) is 2. The van der Waals surface area contributed by atoms with E-state index in [2.05, 4.69) is 10.1 Å². The number of amides is 1. The van der Waals surface area contributed by atoms with Crippen LogP contribution in [0.3, 0.4) is 0 Å². The first kappa shape index (κ1) is 15.5. The van der Waals surface area contributed by atoms with E-state index in [0.717, 1.165) is 24.8 Å². The summed E-state index contributed by atoms with van der Waals surface area (Å²) in [7, 11) is 1.35. The van der Waals surface area contributed by atoms with Gasteiger partial charge in [0.2, 0.25) is 5.91 Å². The van der Waals surface area contributed by atoms with E-state index in [9.17, 15) is 9.59 Å². The Kier molecular flexibility index (Phi) is 4.63. The lowest BCUT2D eigenvalue weighted by Gasteiger charge is -2.27.